The van der Waals surface area contributed by atoms with Crippen molar-refractivity contribution in [1.29, 1.82) is 0 Å². The van der Waals surface area contributed by atoms with Crippen LogP contribution in [-0.4, -0.2) is 16.9 Å². The number of thioether (sulfide) groups is 1. The molecule has 0 bridgehead atoms. The molecule has 1 aliphatic carbocycles. The quantitative estimate of drug-likeness (QED) is 0.616. The van der Waals surface area contributed by atoms with Crippen LogP contribution in [0.5, 0.6) is 0 Å². The number of aromatic nitrogens is 1. The zero-order valence-corrected chi connectivity index (χ0v) is 17.6. The van der Waals surface area contributed by atoms with Crippen molar-refractivity contribution in [2.24, 2.45) is 11.8 Å². The third-order valence-corrected chi connectivity index (χ3v) is 6.87. The van der Waals surface area contributed by atoms with Gasteiger partial charge in [0.2, 0.25) is 0 Å². The first-order chi connectivity index (χ1) is 12.5. The molecule has 0 spiro atoms. The lowest BCUT2D eigenvalue weighted by atomic mass is 9.78. The lowest BCUT2D eigenvalue weighted by Crippen LogP contribution is -2.43. The fourth-order valence-corrected chi connectivity index (χ4v) is 4.87. The summed E-state index contributed by atoms with van der Waals surface area (Å²) in [7, 11) is 0. The number of benzene rings is 1. The van der Waals surface area contributed by atoms with Crippen LogP contribution in [0.25, 0.3) is 0 Å². The number of nitrogens with zero attached hydrogens (tertiary/aromatic N) is 1. The van der Waals surface area contributed by atoms with Crippen LogP contribution in [-0.2, 0) is 5.75 Å². The smallest absolute Gasteiger partial charge is 0.254 e. The van der Waals surface area contributed by atoms with Gasteiger partial charge in [-0.1, -0.05) is 54.8 Å². The minimum atomic E-state index is 0.000734. The molecule has 2 aromatic rings. The van der Waals surface area contributed by atoms with E-state index in [2.05, 4.69) is 52.2 Å². The van der Waals surface area contributed by atoms with E-state index in [0.717, 1.165) is 21.7 Å². The van der Waals surface area contributed by atoms with Crippen LogP contribution in [0.1, 0.15) is 49.0 Å². The van der Waals surface area contributed by atoms with Crippen molar-refractivity contribution in [3.05, 3.63) is 58.2 Å². The number of hydrogen-bond donors (Lipinski definition) is 1. The molecule has 1 amide bonds. The Labute approximate surface area is 168 Å². The molecule has 1 aliphatic rings. The Balaban J connectivity index is 1.69. The van der Waals surface area contributed by atoms with E-state index in [0.29, 0.717) is 17.4 Å². The van der Waals surface area contributed by atoms with Gasteiger partial charge in [-0.25, -0.2) is 4.98 Å². The number of carbonyl (C=O) groups is 1. The van der Waals surface area contributed by atoms with E-state index in [4.69, 9.17) is 0 Å². The monoisotopic (exact) mass is 432 g/mol. The summed E-state index contributed by atoms with van der Waals surface area (Å²) in [4.78, 5) is 17.3. The van der Waals surface area contributed by atoms with Crippen molar-refractivity contribution >= 4 is 33.6 Å². The van der Waals surface area contributed by atoms with E-state index in [1.54, 1.807) is 18.0 Å². The first kappa shape index (κ1) is 19.4. The summed E-state index contributed by atoms with van der Waals surface area (Å²) in [5.74, 6) is 1.96. The Hall–Kier alpha value is -1.33. The number of amides is 1. The summed E-state index contributed by atoms with van der Waals surface area (Å²) >= 11 is 5.11. The second-order valence-electron chi connectivity index (χ2n) is 7.12. The van der Waals surface area contributed by atoms with Crippen LogP contribution in [0.15, 0.2) is 52.1 Å². The number of nitrogens with one attached hydrogen (secondary N) is 1. The SMILES string of the molecule is C[C@@H]1[C@H](C)CCC[C@@H]1NC(=O)c1cccnc1SCc1cccc(Br)c1. The van der Waals surface area contributed by atoms with Gasteiger partial charge in [-0.3, -0.25) is 4.79 Å². The summed E-state index contributed by atoms with van der Waals surface area (Å²) < 4.78 is 1.06. The van der Waals surface area contributed by atoms with Crippen LogP contribution in [0.3, 0.4) is 0 Å². The second-order valence-corrected chi connectivity index (χ2v) is 9.00. The number of carbonyl (C=O) groups excluding carboxylic acids is 1. The maximum atomic E-state index is 12.9. The lowest BCUT2D eigenvalue weighted by molar-refractivity contribution is 0.0887. The second kappa shape index (κ2) is 9.05. The maximum Gasteiger partial charge on any atom is 0.254 e. The van der Waals surface area contributed by atoms with Gasteiger partial charge in [0.25, 0.3) is 5.91 Å². The molecule has 1 fully saturated rings. The molecule has 3 rings (SSSR count). The zero-order valence-electron chi connectivity index (χ0n) is 15.2. The van der Waals surface area contributed by atoms with Crippen molar-refractivity contribution in [2.75, 3.05) is 0 Å². The maximum absolute atomic E-state index is 12.9. The van der Waals surface area contributed by atoms with E-state index in [1.807, 2.05) is 24.3 Å². The molecular formula is C21H25BrN2OS. The molecule has 0 radical (unpaired) electrons. The van der Waals surface area contributed by atoms with Gasteiger partial charge < -0.3 is 5.32 Å². The van der Waals surface area contributed by atoms with Crippen molar-refractivity contribution in [1.82, 2.24) is 10.3 Å². The van der Waals surface area contributed by atoms with E-state index in [-0.39, 0.29) is 11.9 Å². The molecule has 1 aromatic heterocycles. The average molecular weight is 433 g/mol. The average Bonchev–Trinajstić information content (AvgIpc) is 2.64. The molecule has 1 saturated carbocycles. The summed E-state index contributed by atoms with van der Waals surface area (Å²) in [5, 5.41) is 4.06. The van der Waals surface area contributed by atoms with Gasteiger partial charge >= 0.3 is 0 Å². The van der Waals surface area contributed by atoms with E-state index in [1.165, 1.54) is 18.4 Å². The van der Waals surface area contributed by atoms with Crippen molar-refractivity contribution < 1.29 is 4.79 Å². The Kier molecular flexibility index (Phi) is 6.76. The minimum Gasteiger partial charge on any atom is -0.349 e. The summed E-state index contributed by atoms with van der Waals surface area (Å²) in [6.45, 7) is 4.53. The fourth-order valence-electron chi connectivity index (χ4n) is 3.49. The standard InChI is InChI=1S/C21H25BrN2OS/c1-14-6-3-10-19(15(14)2)24-20(25)18-9-5-11-23-21(18)26-13-16-7-4-8-17(22)12-16/h4-5,7-9,11-12,14-15,19H,3,6,10,13H2,1-2H3,(H,24,25)/t14-,15-,19+/m1/s1. The first-order valence-electron chi connectivity index (χ1n) is 9.17. The molecular weight excluding hydrogens is 408 g/mol. The number of pyridine rings is 1. The molecule has 0 saturated heterocycles. The molecule has 26 heavy (non-hydrogen) atoms. The van der Waals surface area contributed by atoms with E-state index >= 15 is 0 Å². The largest absolute Gasteiger partial charge is 0.349 e. The highest BCUT2D eigenvalue weighted by Crippen LogP contribution is 2.30. The molecule has 0 unspecified atom stereocenters. The van der Waals surface area contributed by atoms with Crippen molar-refractivity contribution in [2.45, 2.75) is 49.9 Å². The summed E-state index contributed by atoms with van der Waals surface area (Å²) in [6.07, 6.45) is 5.27. The summed E-state index contributed by atoms with van der Waals surface area (Å²) in [6, 6.07) is 12.2. The van der Waals surface area contributed by atoms with Gasteiger partial charge in [0.05, 0.1) is 5.56 Å². The van der Waals surface area contributed by atoms with Gasteiger partial charge in [0, 0.05) is 22.5 Å². The molecule has 3 nitrogen and oxygen atoms in total. The molecule has 1 heterocycles. The van der Waals surface area contributed by atoms with E-state index in [9.17, 15) is 4.79 Å². The molecule has 138 valence electrons. The van der Waals surface area contributed by atoms with Gasteiger partial charge in [0.1, 0.15) is 5.03 Å². The van der Waals surface area contributed by atoms with Gasteiger partial charge in [-0.05, 0) is 48.1 Å². The van der Waals surface area contributed by atoms with Crippen LogP contribution in [0.4, 0.5) is 0 Å². The highest BCUT2D eigenvalue weighted by atomic mass is 79.9. The number of halogens is 1. The highest BCUT2D eigenvalue weighted by molar-refractivity contribution is 9.10. The Morgan fingerprint density at radius 2 is 2.12 bits per heavy atom. The minimum absolute atomic E-state index is 0.000734. The number of rotatable bonds is 5. The Morgan fingerprint density at radius 1 is 1.27 bits per heavy atom. The van der Waals surface area contributed by atoms with Gasteiger partial charge in [-0.2, -0.15) is 0 Å². The lowest BCUT2D eigenvalue weighted by Gasteiger charge is -2.34. The molecule has 3 atom stereocenters. The van der Waals surface area contributed by atoms with Gasteiger partial charge in [0.15, 0.2) is 0 Å². The molecule has 1 aromatic carbocycles. The third-order valence-electron chi connectivity index (χ3n) is 5.30. The normalized spacial score (nSPS) is 22.8. The van der Waals surface area contributed by atoms with Crippen LogP contribution < -0.4 is 5.32 Å². The van der Waals surface area contributed by atoms with Crippen LogP contribution in [0.2, 0.25) is 0 Å². The topological polar surface area (TPSA) is 42.0 Å². The predicted molar refractivity (Wildman–Crippen MR) is 111 cm³/mol. The zero-order chi connectivity index (χ0) is 18.5. The Morgan fingerprint density at radius 3 is 2.92 bits per heavy atom. The molecule has 1 N–H and O–H groups in total. The third kappa shape index (κ3) is 4.89. The van der Waals surface area contributed by atoms with E-state index < -0.39 is 0 Å². The summed E-state index contributed by atoms with van der Waals surface area (Å²) in [5.41, 5.74) is 1.88. The number of hydrogen-bond acceptors (Lipinski definition) is 3. The molecule has 5 heteroatoms. The first-order valence-corrected chi connectivity index (χ1v) is 11.0. The van der Waals surface area contributed by atoms with Gasteiger partial charge in [-0.15, -0.1) is 11.8 Å². The predicted octanol–water partition coefficient (Wildman–Crippen LogP) is 5.69. The fraction of sp³-hybridized carbons (Fsp3) is 0.429. The highest BCUT2D eigenvalue weighted by Gasteiger charge is 2.29. The molecule has 0 aliphatic heterocycles. The Bertz CT molecular complexity index is 767. The van der Waals surface area contributed by atoms with Crippen LogP contribution in [0, 0.1) is 11.8 Å². The van der Waals surface area contributed by atoms with Crippen molar-refractivity contribution in [3.63, 3.8) is 0 Å². The van der Waals surface area contributed by atoms with Crippen molar-refractivity contribution in [3.8, 4) is 0 Å². The van der Waals surface area contributed by atoms with Crippen LogP contribution >= 0.6 is 27.7 Å².